The van der Waals surface area contributed by atoms with E-state index in [1.807, 2.05) is 73.7 Å². The number of para-hydroxylation sites is 1. The van der Waals surface area contributed by atoms with Gasteiger partial charge in [-0.1, -0.05) is 35.9 Å². The molecule has 1 aromatic heterocycles. The fourth-order valence-corrected chi connectivity index (χ4v) is 2.86. The number of nitrogens with zero attached hydrogens (tertiary/aromatic N) is 2. The Morgan fingerprint density at radius 1 is 0.844 bits per heavy atom. The Morgan fingerprint density at radius 2 is 1.50 bits per heavy atom. The van der Waals surface area contributed by atoms with E-state index in [-0.39, 0.29) is 17.4 Å². The first kappa shape index (κ1) is 20.7. The molecule has 0 saturated carbocycles. The van der Waals surface area contributed by atoms with Crippen LogP contribution in [0.2, 0.25) is 0 Å². The number of nitrogens with two attached hydrogens (primary N) is 1. The molecule has 0 fully saturated rings. The number of nitrogen functional groups attached to an aromatic ring is 1. The largest absolute Gasteiger partial charge is 0.457 e. The summed E-state index contributed by atoms with van der Waals surface area (Å²) in [5, 5.41) is 3.14. The van der Waals surface area contributed by atoms with Crippen LogP contribution in [0.5, 0.6) is 11.5 Å². The van der Waals surface area contributed by atoms with Gasteiger partial charge in [-0.25, -0.2) is 9.97 Å². The molecule has 0 aliphatic carbocycles. The van der Waals surface area contributed by atoms with Crippen molar-refractivity contribution in [3.8, 4) is 11.5 Å². The molecule has 3 aromatic carbocycles. The van der Waals surface area contributed by atoms with E-state index in [1.54, 1.807) is 12.1 Å². The first-order valence-electron chi connectivity index (χ1n) is 9.92. The van der Waals surface area contributed by atoms with Crippen molar-refractivity contribution in [3.05, 3.63) is 96.3 Å². The van der Waals surface area contributed by atoms with Gasteiger partial charge in [-0.15, -0.1) is 0 Å². The maximum Gasteiger partial charge on any atom is 0.269 e. The number of amides is 1. The van der Waals surface area contributed by atoms with E-state index in [9.17, 15) is 4.79 Å². The highest BCUT2D eigenvalue weighted by atomic mass is 16.5. The van der Waals surface area contributed by atoms with Crippen LogP contribution in [-0.2, 0) is 0 Å². The molecule has 32 heavy (non-hydrogen) atoms. The van der Waals surface area contributed by atoms with Crippen molar-refractivity contribution in [2.75, 3.05) is 16.5 Å². The molecule has 1 amide bonds. The van der Waals surface area contributed by atoms with E-state index < -0.39 is 0 Å². The molecule has 0 aliphatic heterocycles. The minimum atomic E-state index is -0.300. The van der Waals surface area contributed by atoms with Crippen LogP contribution in [0.1, 0.15) is 15.9 Å². The molecule has 0 unspecified atom stereocenters. The summed E-state index contributed by atoms with van der Waals surface area (Å²) in [6.45, 7) is 1.96. The number of hydrogen-bond acceptors (Lipinski definition) is 7. The number of benzene rings is 3. The Bertz CT molecular complexity index is 1200. The Morgan fingerprint density at radius 3 is 2.22 bits per heavy atom. The van der Waals surface area contributed by atoms with Gasteiger partial charge in [0.1, 0.15) is 23.5 Å². The summed E-state index contributed by atoms with van der Waals surface area (Å²) in [6.07, 6.45) is 1.35. The maximum absolute atomic E-state index is 12.3. The minimum absolute atomic E-state index is 0.265. The molecular weight excluding hydrogens is 404 g/mol. The van der Waals surface area contributed by atoms with Gasteiger partial charge in [0.05, 0.1) is 0 Å². The molecule has 4 aromatic rings. The number of hydrogen-bond donors (Lipinski definition) is 4. The Balaban J connectivity index is 1.40. The van der Waals surface area contributed by atoms with Gasteiger partial charge in [-0.05, 0) is 55.5 Å². The molecular formula is C24H22N6O2. The zero-order chi connectivity index (χ0) is 22.3. The lowest BCUT2D eigenvalue weighted by molar-refractivity contribution is 0.0962. The lowest BCUT2D eigenvalue weighted by Gasteiger charge is -2.13. The van der Waals surface area contributed by atoms with Crippen molar-refractivity contribution in [2.45, 2.75) is 6.92 Å². The lowest BCUT2D eigenvalue weighted by atomic mass is 10.1. The molecule has 0 radical (unpaired) electrons. The van der Waals surface area contributed by atoms with Crippen LogP contribution in [0, 0.1) is 6.92 Å². The monoisotopic (exact) mass is 426 g/mol. The van der Waals surface area contributed by atoms with Crippen molar-refractivity contribution in [3.63, 3.8) is 0 Å². The number of aromatic nitrogens is 2. The second-order valence-corrected chi connectivity index (χ2v) is 6.99. The van der Waals surface area contributed by atoms with E-state index >= 15 is 0 Å². The fraction of sp³-hybridized carbons (Fsp3) is 0.0417. The van der Waals surface area contributed by atoms with Crippen molar-refractivity contribution in [1.82, 2.24) is 15.4 Å². The van der Waals surface area contributed by atoms with Crippen LogP contribution in [-0.4, -0.2) is 15.9 Å². The van der Waals surface area contributed by atoms with Crippen LogP contribution >= 0.6 is 0 Å². The molecule has 0 aliphatic rings. The Labute approximate surface area is 185 Å². The number of carbonyl (C=O) groups is 1. The average Bonchev–Trinajstić information content (AvgIpc) is 2.82. The quantitative estimate of drug-likeness (QED) is 0.318. The second-order valence-electron chi connectivity index (χ2n) is 6.99. The predicted octanol–water partition coefficient (Wildman–Crippen LogP) is 4.66. The number of hydrazine groups is 1. The van der Waals surface area contributed by atoms with Gasteiger partial charge in [0.2, 0.25) is 0 Å². The summed E-state index contributed by atoms with van der Waals surface area (Å²) in [5.74, 6) is 1.86. The molecule has 0 atom stereocenters. The number of ether oxygens (including phenoxy) is 1. The fourth-order valence-electron chi connectivity index (χ4n) is 2.86. The SMILES string of the molecule is Cc1ccc(C(=O)NNc2ncnc(Nc3ccc(Oc4ccccc4)cc3)c2N)cc1. The van der Waals surface area contributed by atoms with Crippen molar-refractivity contribution >= 4 is 28.9 Å². The first-order chi connectivity index (χ1) is 15.6. The number of anilines is 4. The van der Waals surface area contributed by atoms with Crippen LogP contribution in [0.4, 0.5) is 23.0 Å². The third-order valence-corrected chi connectivity index (χ3v) is 4.59. The molecule has 0 spiro atoms. The van der Waals surface area contributed by atoms with Crippen molar-refractivity contribution < 1.29 is 9.53 Å². The summed E-state index contributed by atoms with van der Waals surface area (Å²) in [4.78, 5) is 20.6. The van der Waals surface area contributed by atoms with Gasteiger partial charge < -0.3 is 15.8 Å². The van der Waals surface area contributed by atoms with Gasteiger partial charge >= 0.3 is 0 Å². The highest BCUT2D eigenvalue weighted by molar-refractivity contribution is 5.95. The van der Waals surface area contributed by atoms with Crippen LogP contribution in [0.3, 0.4) is 0 Å². The van der Waals surface area contributed by atoms with Gasteiger partial charge in [0.15, 0.2) is 11.6 Å². The summed E-state index contributed by atoms with van der Waals surface area (Å²) >= 11 is 0. The second kappa shape index (κ2) is 9.48. The maximum atomic E-state index is 12.3. The third-order valence-electron chi connectivity index (χ3n) is 4.59. The highest BCUT2D eigenvalue weighted by Gasteiger charge is 2.11. The molecule has 8 nitrogen and oxygen atoms in total. The molecule has 0 saturated heterocycles. The average molecular weight is 426 g/mol. The molecule has 8 heteroatoms. The molecule has 5 N–H and O–H groups in total. The lowest BCUT2D eigenvalue weighted by Crippen LogP contribution is -2.30. The zero-order valence-electron chi connectivity index (χ0n) is 17.4. The van der Waals surface area contributed by atoms with E-state index in [1.165, 1.54) is 6.33 Å². The molecule has 4 rings (SSSR count). The number of rotatable bonds is 7. The Kier molecular flexibility index (Phi) is 6.12. The number of carbonyl (C=O) groups excluding carboxylic acids is 1. The highest BCUT2D eigenvalue weighted by Crippen LogP contribution is 2.27. The zero-order valence-corrected chi connectivity index (χ0v) is 17.4. The van der Waals surface area contributed by atoms with Gasteiger partial charge in [0, 0.05) is 11.3 Å². The standard InChI is InChI=1S/C24H22N6O2/c1-16-7-9-17(10-8-16)24(31)30-29-23-21(25)22(26-15-27-23)28-18-11-13-20(14-12-18)32-19-5-3-2-4-6-19/h2-15H,25H2,1H3,(H,30,31)(H2,26,27,28,29). The summed E-state index contributed by atoms with van der Waals surface area (Å²) < 4.78 is 5.80. The molecule has 160 valence electrons. The Hall–Kier alpha value is -4.59. The smallest absolute Gasteiger partial charge is 0.269 e. The van der Waals surface area contributed by atoms with E-state index in [0.717, 1.165) is 17.0 Å². The number of aryl methyl sites for hydroxylation is 1. The van der Waals surface area contributed by atoms with Crippen LogP contribution < -0.4 is 26.6 Å². The summed E-state index contributed by atoms with van der Waals surface area (Å²) in [5.41, 5.74) is 14.2. The van der Waals surface area contributed by atoms with Gasteiger partial charge in [0.25, 0.3) is 5.91 Å². The normalized spacial score (nSPS) is 10.3. The molecule has 1 heterocycles. The van der Waals surface area contributed by atoms with E-state index in [4.69, 9.17) is 10.5 Å². The van der Waals surface area contributed by atoms with Crippen LogP contribution in [0.15, 0.2) is 85.2 Å². The van der Waals surface area contributed by atoms with Crippen LogP contribution in [0.25, 0.3) is 0 Å². The van der Waals surface area contributed by atoms with Gasteiger partial charge in [-0.3, -0.25) is 15.6 Å². The van der Waals surface area contributed by atoms with Crippen molar-refractivity contribution in [2.24, 2.45) is 0 Å². The molecule has 0 bridgehead atoms. The van der Waals surface area contributed by atoms with Crippen molar-refractivity contribution in [1.29, 1.82) is 0 Å². The first-order valence-corrected chi connectivity index (χ1v) is 9.92. The summed E-state index contributed by atoms with van der Waals surface area (Å²) in [6, 6.07) is 24.2. The topological polar surface area (TPSA) is 114 Å². The number of nitrogens with one attached hydrogen (secondary N) is 3. The van der Waals surface area contributed by atoms with E-state index in [2.05, 4.69) is 26.1 Å². The third kappa shape index (κ3) is 5.11. The minimum Gasteiger partial charge on any atom is -0.457 e. The van der Waals surface area contributed by atoms with Gasteiger partial charge in [-0.2, -0.15) is 0 Å². The summed E-state index contributed by atoms with van der Waals surface area (Å²) in [7, 11) is 0. The predicted molar refractivity (Wildman–Crippen MR) is 125 cm³/mol. The van der Waals surface area contributed by atoms with E-state index in [0.29, 0.717) is 17.1 Å².